The molecule has 1 aliphatic heterocycles. The first-order valence-corrected chi connectivity index (χ1v) is 10.0. The summed E-state index contributed by atoms with van der Waals surface area (Å²) in [6.45, 7) is 1.23. The molecule has 31 heavy (non-hydrogen) atoms. The second-order valence-electron chi connectivity index (χ2n) is 7.58. The summed E-state index contributed by atoms with van der Waals surface area (Å²) in [5.74, 6) is 0.690. The van der Waals surface area contributed by atoms with Gasteiger partial charge in [0.2, 0.25) is 0 Å². The summed E-state index contributed by atoms with van der Waals surface area (Å²) in [7, 11) is 1.60. The van der Waals surface area contributed by atoms with Crippen molar-refractivity contribution >= 4 is 22.5 Å². The van der Waals surface area contributed by atoms with Crippen molar-refractivity contribution in [3.63, 3.8) is 0 Å². The van der Waals surface area contributed by atoms with Gasteiger partial charge in [-0.2, -0.15) is 0 Å². The van der Waals surface area contributed by atoms with E-state index in [-0.39, 0.29) is 11.6 Å². The summed E-state index contributed by atoms with van der Waals surface area (Å²) >= 11 is 0. The van der Waals surface area contributed by atoms with Gasteiger partial charge in [-0.3, -0.25) is 4.79 Å². The molecule has 0 unspecified atom stereocenters. The second-order valence-corrected chi connectivity index (χ2v) is 7.58. The van der Waals surface area contributed by atoms with Crippen LogP contribution in [0.5, 0.6) is 5.75 Å². The number of hydrogen-bond acceptors (Lipinski definition) is 3. The number of aromatic nitrogens is 1. The summed E-state index contributed by atoms with van der Waals surface area (Å²) in [6.07, 6.45) is 1.71. The number of methoxy groups -OCH3 is 1. The molecule has 1 aliphatic rings. The molecule has 2 amide bonds. The van der Waals surface area contributed by atoms with E-state index in [1.807, 2.05) is 42.5 Å². The third kappa shape index (κ3) is 3.53. The minimum Gasteiger partial charge on any atom is -0.497 e. The number of carbonyl (C=O) groups excluding carboxylic acids is 1. The van der Waals surface area contributed by atoms with Crippen molar-refractivity contribution in [2.75, 3.05) is 12.4 Å². The first-order chi connectivity index (χ1) is 15.1. The number of pyridine rings is 1. The number of anilines is 1. The highest BCUT2D eigenvalue weighted by Crippen LogP contribution is 2.30. The topological polar surface area (TPSA) is 74.4 Å². The molecule has 0 saturated carbocycles. The van der Waals surface area contributed by atoms with Crippen molar-refractivity contribution in [3.05, 3.63) is 94.4 Å². The maximum absolute atomic E-state index is 12.7. The molecule has 2 N–H and O–H groups in total. The number of nitrogens with zero attached hydrogens (tertiary/aromatic N) is 1. The number of urea groups is 1. The van der Waals surface area contributed by atoms with Gasteiger partial charge in [-0.25, -0.2) is 4.79 Å². The van der Waals surface area contributed by atoms with E-state index in [4.69, 9.17) is 4.74 Å². The molecule has 1 aromatic heterocycles. The Hall–Kier alpha value is -4.06. The lowest BCUT2D eigenvalue weighted by atomic mass is 10.0. The first-order valence-electron chi connectivity index (χ1n) is 10.0. The number of benzene rings is 3. The number of amides is 2. The van der Waals surface area contributed by atoms with E-state index in [9.17, 15) is 9.59 Å². The van der Waals surface area contributed by atoms with Gasteiger partial charge >= 0.3 is 6.03 Å². The van der Waals surface area contributed by atoms with Crippen LogP contribution < -0.4 is 15.6 Å². The standard InChI is InChI=1S/C25H21N3O3/c1-31-20-10-11-21-22(12-20)23(13-26-24(21)29)16-6-8-19(9-7-16)27-25(30)28-14-17-4-2-3-5-18(17)15-28/h2-13H,14-15H2,1H3,(H,26,29)(H,27,30). The molecular weight excluding hydrogens is 390 g/mol. The Labute approximate surface area is 179 Å². The Morgan fingerprint density at radius 1 is 0.968 bits per heavy atom. The molecule has 154 valence electrons. The van der Waals surface area contributed by atoms with Crippen molar-refractivity contribution < 1.29 is 9.53 Å². The van der Waals surface area contributed by atoms with E-state index in [1.54, 1.807) is 30.3 Å². The van der Waals surface area contributed by atoms with Gasteiger partial charge in [-0.15, -0.1) is 0 Å². The molecule has 3 aromatic carbocycles. The van der Waals surface area contributed by atoms with Crippen LogP contribution in [0.2, 0.25) is 0 Å². The molecule has 0 spiro atoms. The Morgan fingerprint density at radius 3 is 2.35 bits per heavy atom. The average molecular weight is 411 g/mol. The average Bonchev–Trinajstić information content (AvgIpc) is 3.24. The molecular formula is C25H21N3O3. The lowest BCUT2D eigenvalue weighted by Crippen LogP contribution is -2.30. The lowest BCUT2D eigenvalue weighted by molar-refractivity contribution is 0.212. The number of hydrogen-bond donors (Lipinski definition) is 2. The molecule has 0 aliphatic carbocycles. The van der Waals surface area contributed by atoms with Gasteiger partial charge in [0.05, 0.1) is 7.11 Å². The molecule has 5 rings (SSSR count). The maximum atomic E-state index is 12.7. The van der Waals surface area contributed by atoms with E-state index in [0.717, 1.165) is 22.2 Å². The van der Waals surface area contributed by atoms with Gasteiger partial charge in [-0.1, -0.05) is 36.4 Å². The van der Waals surface area contributed by atoms with Crippen molar-refractivity contribution in [1.29, 1.82) is 0 Å². The number of H-pyrrole nitrogens is 1. The minimum atomic E-state index is -0.142. The van der Waals surface area contributed by atoms with Crippen LogP contribution in [0.3, 0.4) is 0 Å². The number of fused-ring (bicyclic) bond motifs is 2. The van der Waals surface area contributed by atoms with Crippen LogP contribution in [-0.4, -0.2) is 23.0 Å². The predicted octanol–water partition coefficient (Wildman–Crippen LogP) is 4.75. The van der Waals surface area contributed by atoms with Crippen LogP contribution in [0.1, 0.15) is 11.1 Å². The zero-order chi connectivity index (χ0) is 21.4. The lowest BCUT2D eigenvalue weighted by Gasteiger charge is -2.16. The highest BCUT2D eigenvalue weighted by Gasteiger charge is 2.22. The van der Waals surface area contributed by atoms with Gasteiger partial charge in [-0.05, 0) is 47.0 Å². The SMILES string of the molecule is COc1ccc2c(=O)[nH]cc(-c3ccc(NC(=O)N4Cc5ccccc5C4)cc3)c2c1. The minimum absolute atomic E-state index is 0.122. The van der Waals surface area contributed by atoms with Gasteiger partial charge < -0.3 is 19.9 Å². The van der Waals surface area contributed by atoms with Crippen molar-refractivity contribution in [2.45, 2.75) is 13.1 Å². The molecule has 6 heteroatoms. The monoisotopic (exact) mass is 411 g/mol. The fourth-order valence-electron chi connectivity index (χ4n) is 4.02. The number of rotatable bonds is 3. The van der Waals surface area contributed by atoms with E-state index >= 15 is 0 Å². The largest absolute Gasteiger partial charge is 0.497 e. The van der Waals surface area contributed by atoms with Gasteiger partial charge in [0.25, 0.3) is 5.56 Å². The van der Waals surface area contributed by atoms with Crippen LogP contribution >= 0.6 is 0 Å². The van der Waals surface area contributed by atoms with Crippen LogP contribution in [-0.2, 0) is 13.1 Å². The molecule has 0 fully saturated rings. The van der Waals surface area contributed by atoms with E-state index in [0.29, 0.717) is 24.2 Å². The zero-order valence-electron chi connectivity index (χ0n) is 17.0. The maximum Gasteiger partial charge on any atom is 0.322 e. The quantitative estimate of drug-likeness (QED) is 0.511. The van der Waals surface area contributed by atoms with E-state index < -0.39 is 0 Å². The third-order valence-electron chi connectivity index (χ3n) is 5.68. The number of nitrogens with one attached hydrogen (secondary N) is 2. The molecule has 0 bridgehead atoms. The summed E-state index contributed by atoms with van der Waals surface area (Å²) in [4.78, 5) is 29.5. The molecule has 4 aromatic rings. The van der Waals surface area contributed by atoms with Crippen LogP contribution in [0.15, 0.2) is 77.7 Å². The summed E-state index contributed by atoms with van der Waals surface area (Å²) in [5.41, 5.74) is 4.78. The molecule has 6 nitrogen and oxygen atoms in total. The van der Waals surface area contributed by atoms with Crippen molar-refractivity contribution in [2.24, 2.45) is 0 Å². The fourth-order valence-corrected chi connectivity index (χ4v) is 4.02. The number of carbonyl (C=O) groups is 1. The van der Waals surface area contributed by atoms with E-state index in [2.05, 4.69) is 22.4 Å². The first kappa shape index (κ1) is 18.9. The smallest absolute Gasteiger partial charge is 0.322 e. The molecule has 0 atom stereocenters. The van der Waals surface area contributed by atoms with Crippen LogP contribution in [0, 0.1) is 0 Å². The Balaban J connectivity index is 1.38. The zero-order valence-corrected chi connectivity index (χ0v) is 17.0. The van der Waals surface area contributed by atoms with Crippen LogP contribution in [0.4, 0.5) is 10.5 Å². The van der Waals surface area contributed by atoms with Gasteiger partial charge in [0.15, 0.2) is 0 Å². The Kier molecular flexibility index (Phi) is 4.67. The second kappa shape index (κ2) is 7.65. The van der Waals surface area contributed by atoms with E-state index in [1.165, 1.54) is 11.1 Å². The Bertz CT molecular complexity index is 1320. The van der Waals surface area contributed by atoms with Gasteiger partial charge in [0.1, 0.15) is 5.75 Å². The normalized spacial score (nSPS) is 12.6. The molecule has 2 heterocycles. The number of ether oxygens (including phenoxy) is 1. The molecule has 0 saturated heterocycles. The van der Waals surface area contributed by atoms with Crippen LogP contribution in [0.25, 0.3) is 21.9 Å². The highest BCUT2D eigenvalue weighted by molar-refractivity contribution is 5.97. The van der Waals surface area contributed by atoms with Crippen molar-refractivity contribution in [3.8, 4) is 16.9 Å². The fraction of sp³-hybridized carbons (Fsp3) is 0.120. The van der Waals surface area contributed by atoms with Crippen molar-refractivity contribution in [1.82, 2.24) is 9.88 Å². The number of aromatic amines is 1. The highest BCUT2D eigenvalue weighted by atomic mass is 16.5. The summed E-state index contributed by atoms with van der Waals surface area (Å²) in [6, 6.07) is 21.0. The Morgan fingerprint density at radius 2 is 1.68 bits per heavy atom. The van der Waals surface area contributed by atoms with Gasteiger partial charge in [0, 0.05) is 41.3 Å². The molecule has 0 radical (unpaired) electrons. The third-order valence-corrected chi connectivity index (χ3v) is 5.68. The predicted molar refractivity (Wildman–Crippen MR) is 121 cm³/mol. The summed E-state index contributed by atoms with van der Waals surface area (Å²) < 4.78 is 5.32. The summed E-state index contributed by atoms with van der Waals surface area (Å²) in [5, 5.41) is 4.39.